The van der Waals surface area contributed by atoms with Crippen LogP contribution in [-0.2, 0) is 13.2 Å². The molecule has 1 fully saturated rings. The Labute approximate surface area is 219 Å². The molecule has 2 unspecified atom stereocenters. The molecule has 0 amide bonds. The number of benzene rings is 2. The van der Waals surface area contributed by atoms with Gasteiger partial charge in [-0.15, -0.1) is 0 Å². The molecule has 7 nitrogen and oxygen atoms in total. The van der Waals surface area contributed by atoms with E-state index in [1.54, 1.807) is 6.33 Å². The molecule has 2 atom stereocenters. The van der Waals surface area contributed by atoms with E-state index in [9.17, 15) is 0 Å². The zero-order valence-corrected chi connectivity index (χ0v) is 21.7. The average Bonchev–Trinajstić information content (AvgIpc) is 3.59. The highest BCUT2D eigenvalue weighted by Crippen LogP contribution is 2.36. The Bertz CT molecular complexity index is 1240. The summed E-state index contributed by atoms with van der Waals surface area (Å²) in [6, 6.07) is 21.3. The van der Waals surface area contributed by atoms with Gasteiger partial charge >= 0.3 is 0 Å². The van der Waals surface area contributed by atoms with Crippen molar-refractivity contribution in [1.82, 2.24) is 25.2 Å². The van der Waals surface area contributed by atoms with Gasteiger partial charge in [-0.05, 0) is 80.6 Å². The van der Waals surface area contributed by atoms with Gasteiger partial charge in [0.1, 0.15) is 30.1 Å². The van der Waals surface area contributed by atoms with Gasteiger partial charge in [0.2, 0.25) is 0 Å². The topological polar surface area (TPSA) is 76.0 Å². The van der Waals surface area contributed by atoms with Gasteiger partial charge < -0.3 is 25.3 Å². The van der Waals surface area contributed by atoms with Gasteiger partial charge in [-0.25, -0.2) is 9.97 Å². The van der Waals surface area contributed by atoms with Crippen molar-refractivity contribution in [3.05, 3.63) is 84.3 Å². The third kappa shape index (κ3) is 6.67. The van der Waals surface area contributed by atoms with Crippen molar-refractivity contribution in [2.24, 2.45) is 5.92 Å². The number of fused-ring (bicyclic) bond motifs is 1. The highest BCUT2D eigenvalue weighted by atomic mass is 16.5. The monoisotopic (exact) mass is 498 g/mol. The highest BCUT2D eigenvalue weighted by Gasteiger charge is 2.26. The second kappa shape index (κ2) is 12.7. The first kappa shape index (κ1) is 25.2. The standard InChI is InChI=1S/C30H38N6O/c1-31-29-28-14-17-36(30(28)35-22-34-29)26-11-8-25(18-26)20-33-16-5-15-32-19-23-9-12-27(13-10-23)37-21-24-6-3-2-4-7-24/h2-4,6-7,9-10,12-14,17,22,25-26,32-33H,5,8,11,15-16,18-21H2,1H3,(H,31,34,35). The number of anilines is 1. The Hall–Kier alpha value is -3.42. The number of rotatable bonds is 13. The molecule has 2 aromatic carbocycles. The fraction of sp³-hybridized carbons (Fsp3) is 0.400. The molecule has 1 aliphatic rings. The number of nitrogens with zero attached hydrogens (tertiary/aromatic N) is 3. The highest BCUT2D eigenvalue weighted by molar-refractivity contribution is 5.87. The van der Waals surface area contributed by atoms with Gasteiger partial charge in [0.25, 0.3) is 0 Å². The third-order valence-corrected chi connectivity index (χ3v) is 7.29. The Balaban J connectivity index is 0.950. The molecule has 3 N–H and O–H groups in total. The lowest BCUT2D eigenvalue weighted by molar-refractivity contribution is 0.306. The van der Waals surface area contributed by atoms with Gasteiger partial charge in [-0.3, -0.25) is 0 Å². The summed E-state index contributed by atoms with van der Waals surface area (Å²) in [5, 5.41) is 11.5. The van der Waals surface area contributed by atoms with Gasteiger partial charge in [0, 0.05) is 25.8 Å². The zero-order valence-electron chi connectivity index (χ0n) is 21.7. The molecule has 0 aliphatic heterocycles. The molecule has 0 bridgehead atoms. The van der Waals surface area contributed by atoms with E-state index in [2.05, 4.69) is 79.1 Å². The molecule has 4 aromatic rings. The van der Waals surface area contributed by atoms with Crippen molar-refractivity contribution in [1.29, 1.82) is 0 Å². The largest absolute Gasteiger partial charge is 0.489 e. The number of hydrogen-bond acceptors (Lipinski definition) is 6. The molecule has 0 saturated heterocycles. The normalized spacial score (nSPS) is 17.3. The summed E-state index contributed by atoms with van der Waals surface area (Å²) in [4.78, 5) is 8.88. The van der Waals surface area contributed by atoms with Crippen molar-refractivity contribution in [3.63, 3.8) is 0 Å². The minimum atomic E-state index is 0.528. The van der Waals surface area contributed by atoms with E-state index in [1.807, 2.05) is 25.2 Å². The van der Waals surface area contributed by atoms with Crippen molar-refractivity contribution in [3.8, 4) is 5.75 Å². The quantitative estimate of drug-likeness (QED) is 0.221. The zero-order chi connectivity index (χ0) is 25.3. The Morgan fingerprint density at radius 1 is 0.919 bits per heavy atom. The maximum Gasteiger partial charge on any atom is 0.145 e. The summed E-state index contributed by atoms with van der Waals surface area (Å²) in [5.41, 5.74) is 3.50. The predicted octanol–water partition coefficient (Wildman–Crippen LogP) is 5.16. The Morgan fingerprint density at radius 3 is 2.59 bits per heavy atom. The Kier molecular flexibility index (Phi) is 8.66. The smallest absolute Gasteiger partial charge is 0.145 e. The lowest BCUT2D eigenvalue weighted by Crippen LogP contribution is -2.25. The van der Waals surface area contributed by atoms with Crippen molar-refractivity contribution in [2.45, 2.75) is 44.9 Å². The average molecular weight is 499 g/mol. The molecule has 1 aliphatic carbocycles. The molecule has 7 heteroatoms. The summed E-state index contributed by atoms with van der Waals surface area (Å²) >= 11 is 0. The van der Waals surface area contributed by atoms with E-state index in [4.69, 9.17) is 4.74 Å². The molecule has 1 saturated carbocycles. The van der Waals surface area contributed by atoms with Crippen LogP contribution < -0.4 is 20.7 Å². The van der Waals surface area contributed by atoms with E-state index < -0.39 is 0 Å². The molecule has 0 radical (unpaired) electrons. The second-order valence-corrected chi connectivity index (χ2v) is 9.92. The first-order valence-corrected chi connectivity index (χ1v) is 13.5. The maximum absolute atomic E-state index is 5.88. The first-order chi connectivity index (χ1) is 18.3. The van der Waals surface area contributed by atoms with Crippen molar-refractivity contribution < 1.29 is 4.74 Å². The number of nitrogens with one attached hydrogen (secondary N) is 3. The molecular formula is C30H38N6O. The molecule has 194 valence electrons. The molecule has 2 heterocycles. The minimum Gasteiger partial charge on any atom is -0.489 e. The van der Waals surface area contributed by atoms with E-state index in [0.29, 0.717) is 12.6 Å². The Morgan fingerprint density at radius 2 is 1.76 bits per heavy atom. The molecular weight excluding hydrogens is 460 g/mol. The van der Waals surface area contributed by atoms with Crippen LogP contribution in [0.2, 0.25) is 0 Å². The lowest BCUT2D eigenvalue weighted by Gasteiger charge is -2.15. The maximum atomic E-state index is 5.88. The van der Waals surface area contributed by atoms with E-state index in [0.717, 1.165) is 61.1 Å². The summed E-state index contributed by atoms with van der Waals surface area (Å²) in [7, 11) is 1.91. The van der Waals surface area contributed by atoms with Gasteiger partial charge in [0.05, 0.1) is 5.39 Å². The van der Waals surface area contributed by atoms with Crippen LogP contribution in [0.15, 0.2) is 73.2 Å². The van der Waals surface area contributed by atoms with Crippen LogP contribution in [0.4, 0.5) is 5.82 Å². The van der Waals surface area contributed by atoms with Crippen LogP contribution in [0.5, 0.6) is 5.75 Å². The van der Waals surface area contributed by atoms with Crippen molar-refractivity contribution in [2.75, 3.05) is 32.0 Å². The molecule has 37 heavy (non-hydrogen) atoms. The first-order valence-electron chi connectivity index (χ1n) is 13.5. The minimum absolute atomic E-state index is 0.528. The summed E-state index contributed by atoms with van der Waals surface area (Å²) in [6.45, 7) is 4.63. The summed E-state index contributed by atoms with van der Waals surface area (Å²) < 4.78 is 8.23. The van der Waals surface area contributed by atoms with Gasteiger partial charge in [0.15, 0.2) is 0 Å². The van der Waals surface area contributed by atoms with E-state index in [1.165, 1.54) is 30.4 Å². The number of aromatic nitrogens is 3. The number of ether oxygens (including phenoxy) is 1. The van der Waals surface area contributed by atoms with Crippen LogP contribution in [0.1, 0.15) is 42.9 Å². The predicted molar refractivity (Wildman–Crippen MR) is 150 cm³/mol. The van der Waals surface area contributed by atoms with Gasteiger partial charge in [-0.2, -0.15) is 0 Å². The van der Waals surface area contributed by atoms with E-state index >= 15 is 0 Å². The fourth-order valence-corrected chi connectivity index (χ4v) is 5.27. The summed E-state index contributed by atoms with van der Waals surface area (Å²) in [6.07, 6.45) is 8.65. The van der Waals surface area contributed by atoms with Crippen LogP contribution in [0, 0.1) is 5.92 Å². The third-order valence-electron chi connectivity index (χ3n) is 7.29. The lowest BCUT2D eigenvalue weighted by atomic mass is 10.1. The van der Waals surface area contributed by atoms with Gasteiger partial charge in [-0.1, -0.05) is 42.5 Å². The summed E-state index contributed by atoms with van der Waals surface area (Å²) in [5.74, 6) is 2.54. The van der Waals surface area contributed by atoms with Crippen LogP contribution >= 0.6 is 0 Å². The van der Waals surface area contributed by atoms with E-state index in [-0.39, 0.29) is 0 Å². The molecule has 2 aromatic heterocycles. The van der Waals surface area contributed by atoms with Crippen LogP contribution in [0.25, 0.3) is 11.0 Å². The SMILES string of the molecule is CNc1ncnc2c1ccn2C1CCC(CNCCCNCc2ccc(OCc3ccccc3)cc2)C1. The van der Waals surface area contributed by atoms with Crippen molar-refractivity contribution >= 4 is 16.9 Å². The molecule has 0 spiro atoms. The molecule has 5 rings (SSSR count). The van der Waals surface area contributed by atoms with Crippen LogP contribution in [0.3, 0.4) is 0 Å². The van der Waals surface area contributed by atoms with Crippen LogP contribution in [-0.4, -0.2) is 41.2 Å². The number of hydrogen-bond donors (Lipinski definition) is 3. The second-order valence-electron chi connectivity index (χ2n) is 9.92. The fourth-order valence-electron chi connectivity index (χ4n) is 5.27.